The van der Waals surface area contributed by atoms with Crippen LogP contribution in [0.5, 0.6) is 0 Å². The molecule has 0 atom stereocenters. The van der Waals surface area contributed by atoms with Gasteiger partial charge in [-0.1, -0.05) is 33.1 Å². The summed E-state index contributed by atoms with van der Waals surface area (Å²) in [5, 5.41) is 6.51. The molecule has 0 radical (unpaired) electrons. The second kappa shape index (κ2) is 7.87. The summed E-state index contributed by atoms with van der Waals surface area (Å²) in [7, 11) is 1.90. The Labute approximate surface area is 104 Å². The van der Waals surface area contributed by atoms with Crippen LogP contribution in [-0.2, 0) is 6.42 Å². The Morgan fingerprint density at radius 3 is 2.47 bits per heavy atom. The van der Waals surface area contributed by atoms with Crippen molar-refractivity contribution in [2.45, 2.75) is 46.0 Å². The third kappa shape index (κ3) is 4.21. The van der Waals surface area contributed by atoms with Crippen molar-refractivity contribution in [3.05, 3.63) is 11.9 Å². The Kier molecular flexibility index (Phi) is 6.37. The van der Waals surface area contributed by atoms with Crippen molar-refractivity contribution < 1.29 is 0 Å². The van der Waals surface area contributed by atoms with Crippen molar-refractivity contribution in [3.63, 3.8) is 0 Å². The Morgan fingerprint density at radius 2 is 1.82 bits per heavy atom. The van der Waals surface area contributed by atoms with Crippen molar-refractivity contribution in [2.75, 3.05) is 24.2 Å². The van der Waals surface area contributed by atoms with Gasteiger partial charge >= 0.3 is 0 Å². The van der Waals surface area contributed by atoms with Crippen molar-refractivity contribution >= 4 is 11.6 Å². The Hall–Kier alpha value is -1.32. The number of rotatable bonds is 8. The summed E-state index contributed by atoms with van der Waals surface area (Å²) >= 11 is 0. The van der Waals surface area contributed by atoms with Gasteiger partial charge in [-0.3, -0.25) is 0 Å². The molecule has 4 nitrogen and oxygen atoms in total. The van der Waals surface area contributed by atoms with Gasteiger partial charge in [0.1, 0.15) is 18.0 Å². The number of nitrogens with zero attached hydrogens (tertiary/aromatic N) is 2. The predicted molar refractivity (Wildman–Crippen MR) is 73.6 cm³/mol. The monoisotopic (exact) mass is 236 g/mol. The lowest BCUT2D eigenvalue weighted by Crippen LogP contribution is -2.09. The minimum Gasteiger partial charge on any atom is -0.373 e. The smallest absolute Gasteiger partial charge is 0.134 e. The zero-order valence-corrected chi connectivity index (χ0v) is 11.2. The van der Waals surface area contributed by atoms with Crippen molar-refractivity contribution in [3.8, 4) is 0 Å². The highest BCUT2D eigenvalue weighted by Gasteiger charge is 2.07. The third-order valence-electron chi connectivity index (χ3n) is 2.86. The van der Waals surface area contributed by atoms with Gasteiger partial charge in [0, 0.05) is 19.2 Å². The van der Waals surface area contributed by atoms with Crippen LogP contribution in [0.1, 0.15) is 45.1 Å². The van der Waals surface area contributed by atoms with E-state index in [1.165, 1.54) is 31.2 Å². The summed E-state index contributed by atoms with van der Waals surface area (Å²) in [5.74, 6) is 1.90. The van der Waals surface area contributed by atoms with Gasteiger partial charge < -0.3 is 10.6 Å². The lowest BCUT2D eigenvalue weighted by atomic mass is 10.2. The maximum atomic E-state index is 4.31. The number of nitrogens with one attached hydrogen (secondary N) is 2. The molecule has 1 aromatic rings. The molecule has 4 heteroatoms. The van der Waals surface area contributed by atoms with E-state index in [4.69, 9.17) is 0 Å². The van der Waals surface area contributed by atoms with E-state index >= 15 is 0 Å². The van der Waals surface area contributed by atoms with Crippen molar-refractivity contribution in [2.24, 2.45) is 0 Å². The molecule has 0 aromatic carbocycles. The minimum atomic E-state index is 0.929. The Morgan fingerprint density at radius 1 is 1.06 bits per heavy atom. The van der Waals surface area contributed by atoms with E-state index in [-0.39, 0.29) is 0 Å². The average Bonchev–Trinajstić information content (AvgIpc) is 2.38. The number of hydrogen-bond acceptors (Lipinski definition) is 4. The van der Waals surface area contributed by atoms with Crippen LogP contribution in [0, 0.1) is 0 Å². The van der Waals surface area contributed by atoms with E-state index in [0.29, 0.717) is 0 Å². The van der Waals surface area contributed by atoms with E-state index < -0.39 is 0 Å². The molecule has 0 fully saturated rings. The van der Waals surface area contributed by atoms with Crippen LogP contribution >= 0.6 is 0 Å². The van der Waals surface area contributed by atoms with Gasteiger partial charge in [-0.05, 0) is 12.8 Å². The third-order valence-corrected chi connectivity index (χ3v) is 2.86. The van der Waals surface area contributed by atoms with Crippen LogP contribution in [0.4, 0.5) is 11.6 Å². The molecule has 1 rings (SSSR count). The molecule has 2 N–H and O–H groups in total. The maximum absolute atomic E-state index is 4.31. The predicted octanol–water partition coefficient (Wildman–Crippen LogP) is 3.07. The number of hydrogen-bond donors (Lipinski definition) is 2. The number of aromatic nitrogens is 2. The van der Waals surface area contributed by atoms with Gasteiger partial charge in [-0.25, -0.2) is 9.97 Å². The van der Waals surface area contributed by atoms with E-state index in [2.05, 4.69) is 34.4 Å². The Bertz CT molecular complexity index is 325. The normalized spacial score (nSPS) is 10.3. The lowest BCUT2D eigenvalue weighted by molar-refractivity contribution is 0.684. The molecule has 0 amide bonds. The van der Waals surface area contributed by atoms with E-state index in [9.17, 15) is 0 Å². The highest BCUT2D eigenvalue weighted by Crippen LogP contribution is 2.19. The highest BCUT2D eigenvalue weighted by molar-refractivity contribution is 5.56. The summed E-state index contributed by atoms with van der Waals surface area (Å²) in [5.41, 5.74) is 1.17. The summed E-state index contributed by atoms with van der Waals surface area (Å²) in [6.07, 6.45) is 7.63. The molecule has 0 unspecified atom stereocenters. The second-order valence-corrected chi connectivity index (χ2v) is 4.14. The average molecular weight is 236 g/mol. The first kappa shape index (κ1) is 13.7. The number of unbranched alkanes of at least 4 members (excludes halogenated alkanes) is 3. The van der Waals surface area contributed by atoms with E-state index in [1.54, 1.807) is 6.33 Å². The lowest BCUT2D eigenvalue weighted by Gasteiger charge is -2.12. The van der Waals surface area contributed by atoms with Crippen LogP contribution < -0.4 is 10.6 Å². The molecule has 0 bridgehead atoms. The zero-order valence-electron chi connectivity index (χ0n) is 11.2. The molecule has 0 saturated carbocycles. The second-order valence-electron chi connectivity index (χ2n) is 4.14. The molecule has 0 aliphatic carbocycles. The first-order valence-corrected chi connectivity index (χ1v) is 6.58. The summed E-state index contributed by atoms with van der Waals surface area (Å²) in [4.78, 5) is 8.54. The molecule has 0 aliphatic rings. The van der Waals surface area contributed by atoms with Gasteiger partial charge in [0.15, 0.2) is 0 Å². The first-order valence-electron chi connectivity index (χ1n) is 6.58. The molecule has 1 heterocycles. The molecular formula is C13H24N4. The highest BCUT2D eigenvalue weighted by atomic mass is 15.1. The molecule has 0 aliphatic heterocycles. The topological polar surface area (TPSA) is 49.8 Å². The molecule has 17 heavy (non-hydrogen) atoms. The fraction of sp³-hybridized carbons (Fsp3) is 0.692. The molecule has 0 spiro atoms. The SMILES string of the molecule is CCCCCCNc1ncnc(NC)c1CC. The van der Waals surface area contributed by atoms with Gasteiger partial charge in [-0.2, -0.15) is 0 Å². The van der Waals surface area contributed by atoms with Gasteiger partial charge in [0.2, 0.25) is 0 Å². The molecule has 1 aromatic heterocycles. The van der Waals surface area contributed by atoms with Gasteiger partial charge in [0.25, 0.3) is 0 Å². The van der Waals surface area contributed by atoms with Crippen molar-refractivity contribution in [1.29, 1.82) is 0 Å². The van der Waals surface area contributed by atoms with Crippen LogP contribution in [0.25, 0.3) is 0 Å². The molecule has 96 valence electrons. The van der Waals surface area contributed by atoms with Crippen LogP contribution in [0.15, 0.2) is 6.33 Å². The number of anilines is 2. The van der Waals surface area contributed by atoms with E-state index in [1.807, 2.05) is 7.05 Å². The fourth-order valence-electron chi connectivity index (χ4n) is 1.87. The van der Waals surface area contributed by atoms with Crippen LogP contribution in [0.2, 0.25) is 0 Å². The largest absolute Gasteiger partial charge is 0.373 e. The van der Waals surface area contributed by atoms with Crippen LogP contribution in [0.3, 0.4) is 0 Å². The standard InChI is InChI=1S/C13H24N4/c1-4-6-7-8-9-15-13-11(5-2)12(14-3)16-10-17-13/h10H,4-9H2,1-3H3,(H2,14,15,16,17). The quantitative estimate of drug-likeness (QED) is 0.681. The van der Waals surface area contributed by atoms with Gasteiger partial charge in [-0.15, -0.1) is 0 Å². The zero-order chi connectivity index (χ0) is 12.5. The summed E-state index contributed by atoms with van der Waals surface area (Å²) in [6.45, 7) is 5.35. The minimum absolute atomic E-state index is 0.929. The summed E-state index contributed by atoms with van der Waals surface area (Å²) < 4.78 is 0. The fourth-order valence-corrected chi connectivity index (χ4v) is 1.87. The molecular weight excluding hydrogens is 212 g/mol. The maximum Gasteiger partial charge on any atom is 0.134 e. The van der Waals surface area contributed by atoms with Gasteiger partial charge in [0.05, 0.1) is 0 Å². The van der Waals surface area contributed by atoms with E-state index in [0.717, 1.165) is 24.6 Å². The summed E-state index contributed by atoms with van der Waals surface area (Å²) in [6, 6.07) is 0. The van der Waals surface area contributed by atoms with Crippen molar-refractivity contribution in [1.82, 2.24) is 9.97 Å². The molecule has 0 saturated heterocycles. The Balaban J connectivity index is 2.52. The first-order chi connectivity index (χ1) is 8.33. The van der Waals surface area contributed by atoms with Crippen LogP contribution in [-0.4, -0.2) is 23.6 Å².